The van der Waals surface area contributed by atoms with Gasteiger partial charge in [-0.2, -0.15) is 0 Å². The predicted octanol–water partition coefficient (Wildman–Crippen LogP) is 5.61. The van der Waals surface area contributed by atoms with Gasteiger partial charge in [-0.3, -0.25) is 0 Å². The number of ether oxygens (including phenoxy) is 3. The molecule has 3 nitrogen and oxygen atoms in total. The van der Waals surface area contributed by atoms with Gasteiger partial charge in [0, 0.05) is 11.5 Å². The van der Waals surface area contributed by atoms with E-state index in [1.165, 1.54) is 56.4 Å². The SMILES string of the molecule is CCCCCCCC1COC(c2ccc(OC(F)(F)F)cc2)OC1. The highest BCUT2D eigenvalue weighted by molar-refractivity contribution is 5.28. The first-order chi connectivity index (χ1) is 11.5. The molecule has 1 aliphatic heterocycles. The molecule has 0 bridgehead atoms. The van der Waals surface area contributed by atoms with Crippen molar-refractivity contribution in [2.45, 2.75) is 58.1 Å². The lowest BCUT2D eigenvalue weighted by Crippen LogP contribution is -2.27. The van der Waals surface area contributed by atoms with E-state index in [1.807, 2.05) is 0 Å². The minimum absolute atomic E-state index is 0.244. The fraction of sp³-hybridized carbons (Fsp3) is 0.667. The summed E-state index contributed by atoms with van der Waals surface area (Å²) in [6, 6.07) is 5.62. The lowest BCUT2D eigenvalue weighted by atomic mass is 10.0. The smallest absolute Gasteiger partial charge is 0.406 e. The Balaban J connectivity index is 1.72. The van der Waals surface area contributed by atoms with Gasteiger partial charge in [0.2, 0.25) is 0 Å². The van der Waals surface area contributed by atoms with Gasteiger partial charge in [0.15, 0.2) is 6.29 Å². The number of halogens is 3. The van der Waals surface area contributed by atoms with Crippen LogP contribution in [-0.4, -0.2) is 19.6 Å². The highest BCUT2D eigenvalue weighted by Gasteiger charge is 2.31. The zero-order valence-corrected chi connectivity index (χ0v) is 14.0. The molecular weight excluding hydrogens is 321 g/mol. The van der Waals surface area contributed by atoms with Gasteiger partial charge in [-0.15, -0.1) is 13.2 Å². The molecule has 24 heavy (non-hydrogen) atoms. The van der Waals surface area contributed by atoms with Crippen LogP contribution in [0.4, 0.5) is 13.2 Å². The van der Waals surface area contributed by atoms with Crippen LogP contribution in [0.5, 0.6) is 5.75 Å². The van der Waals surface area contributed by atoms with Crippen LogP contribution >= 0.6 is 0 Å². The zero-order chi connectivity index (χ0) is 17.4. The maximum absolute atomic E-state index is 12.1. The second-order valence-electron chi connectivity index (χ2n) is 6.18. The van der Waals surface area contributed by atoms with Crippen LogP contribution in [0.1, 0.15) is 57.3 Å². The quantitative estimate of drug-likeness (QED) is 0.573. The second kappa shape index (κ2) is 9.28. The normalized spacial score (nSPS) is 21.7. The first-order valence-corrected chi connectivity index (χ1v) is 8.57. The summed E-state index contributed by atoms with van der Waals surface area (Å²) in [6.07, 6.45) is 2.14. The fourth-order valence-electron chi connectivity index (χ4n) is 2.77. The van der Waals surface area contributed by atoms with E-state index in [0.717, 1.165) is 6.42 Å². The minimum Gasteiger partial charge on any atom is -0.406 e. The number of hydrogen-bond acceptors (Lipinski definition) is 3. The summed E-state index contributed by atoms with van der Waals surface area (Å²) in [7, 11) is 0. The minimum atomic E-state index is -4.68. The summed E-state index contributed by atoms with van der Waals surface area (Å²) in [5, 5.41) is 0. The van der Waals surface area contributed by atoms with Crippen LogP contribution in [0.2, 0.25) is 0 Å². The molecule has 6 heteroatoms. The van der Waals surface area contributed by atoms with Crippen molar-refractivity contribution in [3.8, 4) is 5.75 Å². The van der Waals surface area contributed by atoms with Crippen molar-refractivity contribution < 1.29 is 27.4 Å². The van der Waals surface area contributed by atoms with E-state index in [-0.39, 0.29) is 5.75 Å². The van der Waals surface area contributed by atoms with Crippen molar-refractivity contribution in [3.05, 3.63) is 29.8 Å². The van der Waals surface area contributed by atoms with Gasteiger partial charge in [0.25, 0.3) is 0 Å². The molecule has 0 spiro atoms. The van der Waals surface area contributed by atoms with Crippen LogP contribution in [-0.2, 0) is 9.47 Å². The van der Waals surface area contributed by atoms with Crippen LogP contribution in [0, 0.1) is 5.92 Å². The Morgan fingerprint density at radius 2 is 1.62 bits per heavy atom. The Kier molecular flexibility index (Phi) is 7.37. The molecule has 2 rings (SSSR count). The van der Waals surface area contributed by atoms with Gasteiger partial charge in [0.1, 0.15) is 5.75 Å². The molecule has 1 aliphatic rings. The van der Waals surface area contributed by atoms with Gasteiger partial charge in [0.05, 0.1) is 13.2 Å². The third-order valence-corrected chi connectivity index (χ3v) is 4.07. The molecule has 1 aromatic carbocycles. The monoisotopic (exact) mass is 346 g/mol. The van der Waals surface area contributed by atoms with Crippen LogP contribution in [0.25, 0.3) is 0 Å². The predicted molar refractivity (Wildman–Crippen MR) is 84.6 cm³/mol. The molecule has 1 heterocycles. The van der Waals surface area contributed by atoms with Gasteiger partial charge < -0.3 is 14.2 Å². The van der Waals surface area contributed by atoms with Crippen LogP contribution < -0.4 is 4.74 Å². The van der Waals surface area contributed by atoms with Crippen LogP contribution in [0.15, 0.2) is 24.3 Å². The average Bonchev–Trinajstić information content (AvgIpc) is 2.55. The maximum atomic E-state index is 12.1. The Morgan fingerprint density at radius 1 is 1.00 bits per heavy atom. The summed E-state index contributed by atoms with van der Waals surface area (Å²) >= 11 is 0. The highest BCUT2D eigenvalue weighted by atomic mass is 19.4. The van der Waals surface area contributed by atoms with E-state index >= 15 is 0 Å². The summed E-state index contributed by atoms with van der Waals surface area (Å²) < 4.78 is 51.7. The van der Waals surface area contributed by atoms with E-state index in [0.29, 0.717) is 24.7 Å². The van der Waals surface area contributed by atoms with Crippen molar-refractivity contribution >= 4 is 0 Å². The fourth-order valence-corrected chi connectivity index (χ4v) is 2.77. The molecule has 1 aromatic rings. The summed E-state index contributed by atoms with van der Waals surface area (Å²) in [5.74, 6) is 0.155. The Hall–Kier alpha value is -1.27. The van der Waals surface area contributed by atoms with Gasteiger partial charge >= 0.3 is 6.36 Å². The Labute approximate surface area is 141 Å². The second-order valence-corrected chi connectivity index (χ2v) is 6.18. The largest absolute Gasteiger partial charge is 0.573 e. The molecule has 1 saturated heterocycles. The molecule has 1 fully saturated rings. The van der Waals surface area contributed by atoms with Crippen LogP contribution in [0.3, 0.4) is 0 Å². The highest BCUT2D eigenvalue weighted by Crippen LogP contribution is 2.29. The lowest BCUT2D eigenvalue weighted by molar-refractivity contribution is -0.274. The summed E-state index contributed by atoms with van der Waals surface area (Å²) in [5.41, 5.74) is 0.700. The Bertz CT molecular complexity index is 465. The molecule has 0 amide bonds. The van der Waals surface area contributed by atoms with Gasteiger partial charge in [-0.1, -0.05) is 51.2 Å². The van der Waals surface area contributed by atoms with Crippen molar-refractivity contribution in [1.82, 2.24) is 0 Å². The van der Waals surface area contributed by atoms with E-state index in [9.17, 15) is 13.2 Å². The molecule has 0 N–H and O–H groups in total. The number of hydrogen-bond donors (Lipinski definition) is 0. The van der Waals surface area contributed by atoms with Crippen molar-refractivity contribution in [2.24, 2.45) is 5.92 Å². The number of benzene rings is 1. The third kappa shape index (κ3) is 6.69. The molecule has 0 saturated carbocycles. The summed E-state index contributed by atoms with van der Waals surface area (Å²) in [6.45, 7) is 3.45. The maximum Gasteiger partial charge on any atom is 0.573 e. The molecule has 0 radical (unpaired) electrons. The molecular formula is C18H25F3O3. The summed E-state index contributed by atoms with van der Waals surface area (Å²) in [4.78, 5) is 0. The van der Waals surface area contributed by atoms with E-state index in [2.05, 4.69) is 11.7 Å². The topological polar surface area (TPSA) is 27.7 Å². The van der Waals surface area contributed by atoms with E-state index in [4.69, 9.17) is 9.47 Å². The first-order valence-electron chi connectivity index (χ1n) is 8.57. The molecule has 0 aliphatic carbocycles. The number of unbranched alkanes of at least 4 members (excludes halogenated alkanes) is 4. The molecule has 136 valence electrons. The number of alkyl halides is 3. The lowest BCUT2D eigenvalue weighted by Gasteiger charge is -2.29. The van der Waals surface area contributed by atoms with Gasteiger partial charge in [-0.25, -0.2) is 0 Å². The van der Waals surface area contributed by atoms with Crippen molar-refractivity contribution in [3.63, 3.8) is 0 Å². The Morgan fingerprint density at radius 3 is 2.21 bits per heavy atom. The van der Waals surface area contributed by atoms with E-state index < -0.39 is 12.7 Å². The standard InChI is InChI=1S/C18H25F3O3/c1-2-3-4-5-6-7-14-12-22-17(23-13-14)15-8-10-16(11-9-15)24-18(19,20)21/h8-11,14,17H,2-7,12-13H2,1H3. The third-order valence-electron chi connectivity index (χ3n) is 4.07. The van der Waals surface area contributed by atoms with Gasteiger partial charge in [-0.05, 0) is 18.6 Å². The first kappa shape index (κ1) is 19.1. The number of rotatable bonds is 8. The van der Waals surface area contributed by atoms with Crippen molar-refractivity contribution in [1.29, 1.82) is 0 Å². The average molecular weight is 346 g/mol. The van der Waals surface area contributed by atoms with Crippen molar-refractivity contribution in [2.75, 3.05) is 13.2 Å². The molecule has 0 atom stereocenters. The zero-order valence-electron chi connectivity index (χ0n) is 14.0. The van der Waals surface area contributed by atoms with E-state index in [1.54, 1.807) is 0 Å². The molecule has 0 aromatic heterocycles. The molecule has 0 unspecified atom stereocenters.